The van der Waals surface area contributed by atoms with E-state index in [2.05, 4.69) is 20.9 Å². The number of nitrogens with zero attached hydrogens (tertiary/aromatic N) is 2. The maximum Gasteiger partial charge on any atom is 0.407 e. The molecule has 0 aromatic carbocycles. The van der Waals surface area contributed by atoms with Crippen LogP contribution in [-0.4, -0.2) is 27.1 Å². The minimum Gasteiger partial charge on any atom is -0.444 e. The maximum absolute atomic E-state index is 12.0. The van der Waals surface area contributed by atoms with E-state index in [1.807, 2.05) is 45.2 Å². The van der Waals surface area contributed by atoms with Gasteiger partial charge in [-0.1, -0.05) is 12.5 Å². The van der Waals surface area contributed by atoms with Crippen LogP contribution in [0, 0.1) is 0 Å². The lowest BCUT2D eigenvalue weighted by molar-refractivity contribution is 0.0490. The number of rotatable bonds is 2. The average Bonchev–Trinajstić information content (AvgIpc) is 2.89. The summed E-state index contributed by atoms with van der Waals surface area (Å²) in [5, 5.41) is 3.02. The highest BCUT2D eigenvalue weighted by atomic mass is 16.6. The SMILES string of the molecule is CC(C)(C)OC(=O)N[C@@H]1CCC[C@H](c2cnc3ccccn23)C1. The van der Waals surface area contributed by atoms with Gasteiger partial charge in [0.25, 0.3) is 0 Å². The summed E-state index contributed by atoms with van der Waals surface area (Å²) in [6.45, 7) is 5.65. The molecule has 5 nitrogen and oxygen atoms in total. The number of amides is 1. The van der Waals surface area contributed by atoms with Crippen molar-refractivity contribution in [2.75, 3.05) is 0 Å². The monoisotopic (exact) mass is 315 g/mol. The summed E-state index contributed by atoms with van der Waals surface area (Å²) < 4.78 is 7.52. The third-order valence-corrected chi connectivity index (χ3v) is 4.26. The summed E-state index contributed by atoms with van der Waals surface area (Å²) in [6.07, 6.45) is 7.88. The molecule has 0 saturated heterocycles. The number of imidazole rings is 1. The third-order valence-electron chi connectivity index (χ3n) is 4.26. The van der Waals surface area contributed by atoms with E-state index in [-0.39, 0.29) is 12.1 Å². The number of ether oxygens (including phenoxy) is 1. The van der Waals surface area contributed by atoms with Crippen molar-refractivity contribution < 1.29 is 9.53 Å². The second kappa shape index (κ2) is 6.22. The first-order valence-electron chi connectivity index (χ1n) is 8.34. The van der Waals surface area contributed by atoms with Crippen molar-refractivity contribution in [2.24, 2.45) is 0 Å². The smallest absolute Gasteiger partial charge is 0.407 e. The summed E-state index contributed by atoms with van der Waals surface area (Å²) in [6, 6.07) is 6.21. The molecule has 2 atom stereocenters. The van der Waals surface area contributed by atoms with Crippen LogP contribution in [0.3, 0.4) is 0 Å². The zero-order valence-electron chi connectivity index (χ0n) is 14.1. The Bertz CT molecular complexity index is 687. The van der Waals surface area contributed by atoms with Crippen LogP contribution >= 0.6 is 0 Å². The fraction of sp³-hybridized carbons (Fsp3) is 0.556. The first-order chi connectivity index (χ1) is 10.9. The van der Waals surface area contributed by atoms with Crippen LogP contribution < -0.4 is 5.32 Å². The van der Waals surface area contributed by atoms with Gasteiger partial charge in [-0.3, -0.25) is 0 Å². The van der Waals surface area contributed by atoms with Crippen molar-refractivity contribution in [3.8, 4) is 0 Å². The Morgan fingerprint density at radius 2 is 2.17 bits per heavy atom. The number of alkyl carbamates (subject to hydrolysis) is 1. The number of carbonyl (C=O) groups excluding carboxylic acids is 1. The molecule has 0 unspecified atom stereocenters. The topological polar surface area (TPSA) is 55.6 Å². The normalized spacial score (nSPS) is 22.0. The Hall–Kier alpha value is -2.04. The van der Waals surface area contributed by atoms with Gasteiger partial charge in [-0.05, 0) is 52.2 Å². The van der Waals surface area contributed by atoms with Gasteiger partial charge in [0.05, 0.1) is 0 Å². The molecular formula is C18H25N3O2. The Morgan fingerprint density at radius 3 is 2.96 bits per heavy atom. The highest BCUT2D eigenvalue weighted by Crippen LogP contribution is 2.33. The fourth-order valence-electron chi connectivity index (χ4n) is 3.32. The van der Waals surface area contributed by atoms with Gasteiger partial charge in [0.1, 0.15) is 11.2 Å². The zero-order chi connectivity index (χ0) is 16.4. The summed E-state index contributed by atoms with van der Waals surface area (Å²) in [4.78, 5) is 16.5. The Labute approximate surface area is 137 Å². The van der Waals surface area contributed by atoms with E-state index in [4.69, 9.17) is 4.74 Å². The molecule has 2 aromatic rings. The van der Waals surface area contributed by atoms with E-state index in [0.717, 1.165) is 31.3 Å². The van der Waals surface area contributed by atoms with E-state index >= 15 is 0 Å². The van der Waals surface area contributed by atoms with Gasteiger partial charge in [-0.15, -0.1) is 0 Å². The van der Waals surface area contributed by atoms with Crippen LogP contribution in [0.5, 0.6) is 0 Å². The van der Waals surface area contributed by atoms with Crippen LogP contribution in [0.15, 0.2) is 30.6 Å². The molecule has 23 heavy (non-hydrogen) atoms. The van der Waals surface area contributed by atoms with E-state index in [1.54, 1.807) is 0 Å². The second-order valence-electron chi connectivity index (χ2n) is 7.32. The molecule has 1 N–H and O–H groups in total. The average molecular weight is 315 g/mol. The van der Waals surface area contributed by atoms with E-state index in [9.17, 15) is 4.79 Å². The number of hydrogen-bond acceptors (Lipinski definition) is 3. The van der Waals surface area contributed by atoms with Crippen LogP contribution in [-0.2, 0) is 4.74 Å². The largest absolute Gasteiger partial charge is 0.444 e. The zero-order valence-corrected chi connectivity index (χ0v) is 14.1. The number of carbonyl (C=O) groups is 1. The van der Waals surface area contributed by atoms with Gasteiger partial charge < -0.3 is 14.5 Å². The van der Waals surface area contributed by atoms with Gasteiger partial charge in [-0.25, -0.2) is 9.78 Å². The maximum atomic E-state index is 12.0. The lowest BCUT2D eigenvalue weighted by atomic mass is 9.84. The molecule has 0 bridgehead atoms. The standard InChI is InChI=1S/C18H25N3O2/c1-18(2,3)23-17(22)20-14-8-6-7-13(11-14)15-12-19-16-9-4-5-10-21(15)16/h4-5,9-10,12-14H,6-8,11H2,1-3H3,(H,20,22)/t13-,14+/m0/s1. The third kappa shape index (κ3) is 3.84. The van der Waals surface area contributed by atoms with Crippen molar-refractivity contribution >= 4 is 11.7 Å². The van der Waals surface area contributed by atoms with Gasteiger partial charge in [0, 0.05) is 30.0 Å². The molecule has 2 aromatic heterocycles. The van der Waals surface area contributed by atoms with Gasteiger partial charge in [0.15, 0.2) is 0 Å². The molecule has 3 rings (SSSR count). The number of nitrogens with one attached hydrogen (secondary N) is 1. The molecule has 1 aliphatic carbocycles. The molecule has 0 spiro atoms. The fourth-order valence-corrected chi connectivity index (χ4v) is 3.32. The number of pyridine rings is 1. The van der Waals surface area contributed by atoms with Crippen molar-refractivity contribution in [3.63, 3.8) is 0 Å². The van der Waals surface area contributed by atoms with Crippen molar-refractivity contribution in [2.45, 2.75) is 64.0 Å². The summed E-state index contributed by atoms with van der Waals surface area (Å²) >= 11 is 0. The summed E-state index contributed by atoms with van der Waals surface area (Å²) in [5.74, 6) is 0.418. The molecule has 2 heterocycles. The highest BCUT2D eigenvalue weighted by molar-refractivity contribution is 5.68. The predicted molar refractivity (Wildman–Crippen MR) is 89.6 cm³/mol. The van der Waals surface area contributed by atoms with Crippen LogP contribution in [0.1, 0.15) is 58.1 Å². The highest BCUT2D eigenvalue weighted by Gasteiger charge is 2.27. The minimum atomic E-state index is -0.459. The van der Waals surface area contributed by atoms with Crippen molar-refractivity contribution in [1.82, 2.24) is 14.7 Å². The van der Waals surface area contributed by atoms with Gasteiger partial charge in [-0.2, -0.15) is 0 Å². The van der Waals surface area contributed by atoms with Gasteiger partial charge >= 0.3 is 6.09 Å². The Balaban J connectivity index is 1.68. The second-order valence-corrected chi connectivity index (χ2v) is 7.32. The molecule has 1 aliphatic rings. The lowest BCUT2D eigenvalue weighted by Crippen LogP contribution is -2.41. The van der Waals surface area contributed by atoms with E-state index < -0.39 is 5.60 Å². The summed E-state index contributed by atoms with van der Waals surface area (Å²) in [7, 11) is 0. The first-order valence-corrected chi connectivity index (χ1v) is 8.34. The first kappa shape index (κ1) is 15.8. The minimum absolute atomic E-state index is 0.165. The Kier molecular flexibility index (Phi) is 4.28. The molecule has 5 heteroatoms. The van der Waals surface area contributed by atoms with Crippen LogP contribution in [0.4, 0.5) is 4.79 Å². The molecule has 1 amide bonds. The van der Waals surface area contributed by atoms with Crippen LogP contribution in [0.25, 0.3) is 5.65 Å². The number of fused-ring (bicyclic) bond motifs is 1. The summed E-state index contributed by atoms with van der Waals surface area (Å²) in [5.41, 5.74) is 1.75. The molecule has 0 radical (unpaired) electrons. The predicted octanol–water partition coefficient (Wildman–Crippen LogP) is 3.89. The van der Waals surface area contributed by atoms with E-state index in [0.29, 0.717) is 5.92 Å². The van der Waals surface area contributed by atoms with Gasteiger partial charge in [0.2, 0.25) is 0 Å². The number of hydrogen-bond donors (Lipinski definition) is 1. The van der Waals surface area contributed by atoms with Crippen molar-refractivity contribution in [1.29, 1.82) is 0 Å². The molecule has 1 saturated carbocycles. The lowest BCUT2D eigenvalue weighted by Gasteiger charge is -2.30. The molecule has 1 fully saturated rings. The van der Waals surface area contributed by atoms with Crippen molar-refractivity contribution in [3.05, 3.63) is 36.3 Å². The quantitative estimate of drug-likeness (QED) is 0.915. The van der Waals surface area contributed by atoms with E-state index in [1.165, 1.54) is 5.69 Å². The molecule has 0 aliphatic heterocycles. The molecule has 124 valence electrons. The molecular weight excluding hydrogens is 290 g/mol. The Morgan fingerprint density at radius 1 is 1.35 bits per heavy atom. The number of aromatic nitrogens is 2. The van der Waals surface area contributed by atoms with Crippen LogP contribution in [0.2, 0.25) is 0 Å².